The number of hydrogen-bond donors (Lipinski definition) is 0. The number of benzene rings is 1. The van der Waals surface area contributed by atoms with Gasteiger partial charge in [-0.15, -0.1) is 0 Å². The Labute approximate surface area is 131 Å². The van der Waals surface area contributed by atoms with Gasteiger partial charge in [0.25, 0.3) is 0 Å². The van der Waals surface area contributed by atoms with Gasteiger partial charge >= 0.3 is 5.97 Å². The smallest absolute Gasteiger partial charge is 0.332 e. The minimum Gasteiger partial charge on any atom is -0.466 e. The van der Waals surface area contributed by atoms with E-state index >= 15 is 0 Å². The molecule has 0 unspecified atom stereocenters. The summed E-state index contributed by atoms with van der Waals surface area (Å²) in [7, 11) is 1.33. The first-order valence-electron chi connectivity index (χ1n) is 7.04. The fourth-order valence-electron chi connectivity index (χ4n) is 1.41. The van der Waals surface area contributed by atoms with Crippen LogP contribution in [0.5, 0.6) is 0 Å². The summed E-state index contributed by atoms with van der Waals surface area (Å²) in [5.41, 5.74) is 1.05. The summed E-state index contributed by atoms with van der Waals surface area (Å²) in [6.07, 6.45) is -0.776. The lowest BCUT2D eigenvalue weighted by Gasteiger charge is -2.15. The SMILES string of the molecule is C=C(C)C(=O)OC.CCOC(OCC)C(=O)c1ccccc1. The Morgan fingerprint density at radius 2 is 1.59 bits per heavy atom. The zero-order valence-corrected chi connectivity index (χ0v) is 13.6. The highest BCUT2D eigenvalue weighted by Crippen LogP contribution is 2.07. The summed E-state index contributed by atoms with van der Waals surface area (Å²) in [6, 6.07) is 9.03. The molecule has 1 aromatic rings. The first-order chi connectivity index (χ1) is 10.5. The van der Waals surface area contributed by atoms with E-state index in [4.69, 9.17) is 9.47 Å². The van der Waals surface area contributed by atoms with Gasteiger partial charge in [0.2, 0.25) is 12.1 Å². The second kappa shape index (κ2) is 11.7. The van der Waals surface area contributed by atoms with E-state index in [2.05, 4.69) is 11.3 Å². The summed E-state index contributed by atoms with van der Waals surface area (Å²) in [5, 5.41) is 0. The first kappa shape index (κ1) is 20.0. The van der Waals surface area contributed by atoms with Gasteiger partial charge < -0.3 is 14.2 Å². The molecule has 0 heterocycles. The van der Waals surface area contributed by atoms with Crippen LogP contribution in [0.2, 0.25) is 0 Å². The maximum absolute atomic E-state index is 11.9. The summed E-state index contributed by atoms with van der Waals surface area (Å²) >= 11 is 0. The second-order valence-electron chi connectivity index (χ2n) is 4.24. The largest absolute Gasteiger partial charge is 0.466 e. The van der Waals surface area contributed by atoms with E-state index in [1.165, 1.54) is 7.11 Å². The van der Waals surface area contributed by atoms with Crippen molar-refractivity contribution in [3.05, 3.63) is 48.0 Å². The minimum atomic E-state index is -0.776. The lowest BCUT2D eigenvalue weighted by atomic mass is 10.1. The molecule has 0 saturated carbocycles. The molecule has 22 heavy (non-hydrogen) atoms. The van der Waals surface area contributed by atoms with Crippen LogP contribution in [0.15, 0.2) is 42.5 Å². The summed E-state index contributed by atoms with van der Waals surface area (Å²) in [6.45, 7) is 9.55. The number of carbonyl (C=O) groups excluding carboxylic acids is 2. The van der Waals surface area contributed by atoms with Gasteiger partial charge in [-0.3, -0.25) is 4.79 Å². The van der Waals surface area contributed by atoms with Crippen LogP contribution in [0.3, 0.4) is 0 Å². The number of ketones is 1. The monoisotopic (exact) mass is 308 g/mol. The quantitative estimate of drug-likeness (QED) is 0.335. The van der Waals surface area contributed by atoms with E-state index < -0.39 is 6.29 Å². The standard InChI is InChI=1S/C12H16O3.C5H8O2/c1-3-14-12(15-4-2)11(13)10-8-6-5-7-9-10;1-4(2)5(6)7-3/h5-9,12H,3-4H2,1-2H3;1H2,2-3H3. The Balaban J connectivity index is 0.000000534. The van der Waals surface area contributed by atoms with Crippen molar-refractivity contribution in [3.63, 3.8) is 0 Å². The van der Waals surface area contributed by atoms with Gasteiger partial charge in [0.1, 0.15) is 0 Å². The zero-order valence-electron chi connectivity index (χ0n) is 13.6. The van der Waals surface area contributed by atoms with Gasteiger partial charge in [-0.2, -0.15) is 0 Å². The molecule has 5 nitrogen and oxygen atoms in total. The minimum absolute atomic E-state index is 0.126. The third-order valence-electron chi connectivity index (χ3n) is 2.44. The van der Waals surface area contributed by atoms with Crippen LogP contribution in [0.25, 0.3) is 0 Å². The average Bonchev–Trinajstić information content (AvgIpc) is 2.54. The maximum atomic E-state index is 11.9. The molecule has 0 aliphatic rings. The Morgan fingerprint density at radius 1 is 1.09 bits per heavy atom. The lowest BCUT2D eigenvalue weighted by molar-refractivity contribution is -0.136. The van der Waals surface area contributed by atoms with Crippen molar-refractivity contribution in [2.45, 2.75) is 27.1 Å². The van der Waals surface area contributed by atoms with Crippen molar-refractivity contribution in [3.8, 4) is 0 Å². The molecule has 122 valence electrons. The van der Waals surface area contributed by atoms with Gasteiger partial charge in [0.15, 0.2) is 0 Å². The van der Waals surface area contributed by atoms with Crippen LogP contribution >= 0.6 is 0 Å². The fourth-order valence-corrected chi connectivity index (χ4v) is 1.41. The predicted molar refractivity (Wildman–Crippen MR) is 84.6 cm³/mol. The Kier molecular flexibility index (Phi) is 10.6. The molecule has 5 heteroatoms. The lowest BCUT2D eigenvalue weighted by Crippen LogP contribution is -2.27. The second-order valence-corrected chi connectivity index (χ2v) is 4.24. The number of hydrogen-bond acceptors (Lipinski definition) is 5. The Bertz CT molecular complexity index is 461. The van der Waals surface area contributed by atoms with E-state index in [1.807, 2.05) is 32.0 Å². The third-order valence-corrected chi connectivity index (χ3v) is 2.44. The molecule has 1 rings (SSSR count). The Morgan fingerprint density at radius 3 is 1.91 bits per heavy atom. The van der Waals surface area contributed by atoms with Crippen LogP contribution in [0.1, 0.15) is 31.1 Å². The van der Waals surface area contributed by atoms with Gasteiger partial charge in [0, 0.05) is 24.4 Å². The van der Waals surface area contributed by atoms with Crippen molar-refractivity contribution >= 4 is 11.8 Å². The summed E-state index contributed by atoms with van der Waals surface area (Å²) in [4.78, 5) is 22.1. The van der Waals surface area contributed by atoms with E-state index in [0.29, 0.717) is 24.4 Å². The molecule has 0 radical (unpaired) electrons. The van der Waals surface area contributed by atoms with E-state index in [0.717, 1.165) is 0 Å². The van der Waals surface area contributed by atoms with Gasteiger partial charge in [0.05, 0.1) is 7.11 Å². The molecular weight excluding hydrogens is 284 g/mol. The van der Waals surface area contributed by atoms with Crippen LogP contribution in [0.4, 0.5) is 0 Å². The maximum Gasteiger partial charge on any atom is 0.332 e. The number of rotatable bonds is 7. The van der Waals surface area contributed by atoms with Crippen LogP contribution in [-0.2, 0) is 19.0 Å². The number of methoxy groups -OCH3 is 1. The summed E-state index contributed by atoms with van der Waals surface area (Å²) < 4.78 is 14.7. The van der Waals surface area contributed by atoms with Gasteiger partial charge in [-0.25, -0.2) is 4.79 Å². The number of ether oxygens (including phenoxy) is 3. The molecule has 0 aliphatic heterocycles. The van der Waals surface area contributed by atoms with Crippen LogP contribution in [-0.4, -0.2) is 38.4 Å². The van der Waals surface area contributed by atoms with Crippen molar-refractivity contribution in [2.24, 2.45) is 0 Å². The highest BCUT2D eigenvalue weighted by Gasteiger charge is 2.19. The van der Waals surface area contributed by atoms with Crippen LogP contribution in [0, 0.1) is 0 Å². The highest BCUT2D eigenvalue weighted by molar-refractivity contribution is 5.98. The Hall–Kier alpha value is -1.98. The van der Waals surface area contributed by atoms with Gasteiger partial charge in [-0.05, 0) is 20.8 Å². The molecule has 0 bridgehead atoms. The predicted octanol–water partition coefficient (Wildman–Crippen LogP) is 3.00. The molecule has 0 fully saturated rings. The molecule has 0 N–H and O–H groups in total. The van der Waals surface area contributed by atoms with Crippen molar-refractivity contribution < 1.29 is 23.8 Å². The molecule has 1 aromatic carbocycles. The fraction of sp³-hybridized carbons (Fsp3) is 0.412. The molecule has 0 amide bonds. The van der Waals surface area contributed by atoms with E-state index in [9.17, 15) is 9.59 Å². The van der Waals surface area contributed by atoms with Crippen molar-refractivity contribution in [1.29, 1.82) is 0 Å². The molecule has 0 aromatic heterocycles. The normalized spacial score (nSPS) is 9.68. The number of Topliss-reactive ketones (excluding diaryl/α,β-unsaturated/α-hetero) is 1. The third kappa shape index (κ3) is 7.71. The van der Waals surface area contributed by atoms with Crippen LogP contribution < -0.4 is 0 Å². The molecule has 0 spiro atoms. The van der Waals surface area contributed by atoms with E-state index in [1.54, 1.807) is 19.1 Å². The average molecular weight is 308 g/mol. The van der Waals surface area contributed by atoms with Gasteiger partial charge in [-0.1, -0.05) is 36.9 Å². The highest BCUT2D eigenvalue weighted by atomic mass is 16.7. The topological polar surface area (TPSA) is 61.8 Å². The number of esters is 1. The van der Waals surface area contributed by atoms with Crippen molar-refractivity contribution in [1.82, 2.24) is 0 Å². The van der Waals surface area contributed by atoms with Crippen molar-refractivity contribution in [2.75, 3.05) is 20.3 Å². The molecule has 0 saturated heterocycles. The molecular formula is C17H24O5. The summed E-state index contributed by atoms with van der Waals surface area (Å²) in [5.74, 6) is -0.473. The first-order valence-corrected chi connectivity index (χ1v) is 7.04. The zero-order chi connectivity index (χ0) is 17.0. The molecule has 0 atom stereocenters. The van der Waals surface area contributed by atoms with E-state index in [-0.39, 0.29) is 11.8 Å². The number of carbonyl (C=O) groups is 2. The molecule has 0 aliphatic carbocycles.